The van der Waals surface area contributed by atoms with Crippen LogP contribution in [0.1, 0.15) is 30.9 Å². The second kappa shape index (κ2) is 6.07. The first-order chi connectivity index (χ1) is 9.08. The van der Waals surface area contributed by atoms with Gasteiger partial charge in [-0.2, -0.15) is 0 Å². The first-order valence-corrected chi connectivity index (χ1v) is 6.61. The van der Waals surface area contributed by atoms with E-state index in [9.17, 15) is 4.39 Å². The van der Waals surface area contributed by atoms with Crippen molar-refractivity contribution in [1.29, 1.82) is 0 Å². The van der Waals surface area contributed by atoms with Gasteiger partial charge in [0.05, 0.1) is 0 Å². The van der Waals surface area contributed by atoms with Crippen LogP contribution in [0.5, 0.6) is 5.75 Å². The molecule has 2 aromatic carbocycles. The summed E-state index contributed by atoms with van der Waals surface area (Å²) in [5, 5.41) is 0.511. The normalized spacial score (nSPS) is 10.8. The van der Waals surface area contributed by atoms with Crippen molar-refractivity contribution < 1.29 is 9.13 Å². The van der Waals surface area contributed by atoms with Crippen LogP contribution >= 0.6 is 11.6 Å². The molecule has 0 radical (unpaired) electrons. The Balaban J connectivity index is 2.17. The average molecular weight is 279 g/mol. The topological polar surface area (TPSA) is 9.23 Å². The van der Waals surface area contributed by atoms with Crippen LogP contribution < -0.4 is 4.74 Å². The molecule has 100 valence electrons. The van der Waals surface area contributed by atoms with Crippen LogP contribution in [0.3, 0.4) is 0 Å². The van der Waals surface area contributed by atoms with Gasteiger partial charge in [-0.1, -0.05) is 43.6 Å². The summed E-state index contributed by atoms with van der Waals surface area (Å²) in [4.78, 5) is 0. The zero-order chi connectivity index (χ0) is 13.8. The zero-order valence-corrected chi connectivity index (χ0v) is 11.7. The van der Waals surface area contributed by atoms with Gasteiger partial charge in [-0.05, 0) is 35.7 Å². The Morgan fingerprint density at radius 3 is 2.63 bits per heavy atom. The Bertz CT molecular complexity index is 566. The van der Waals surface area contributed by atoms with Gasteiger partial charge in [-0.15, -0.1) is 0 Å². The molecular weight excluding hydrogens is 263 g/mol. The molecule has 0 aliphatic carbocycles. The average Bonchev–Trinajstić information content (AvgIpc) is 2.40. The van der Waals surface area contributed by atoms with Gasteiger partial charge in [0, 0.05) is 10.6 Å². The number of ether oxygens (including phenoxy) is 1. The summed E-state index contributed by atoms with van der Waals surface area (Å²) in [6.45, 7) is 4.38. The first kappa shape index (κ1) is 13.9. The molecule has 0 bridgehead atoms. The lowest BCUT2D eigenvalue weighted by molar-refractivity contribution is 0.295. The standard InChI is InChI=1S/C16H16ClFO/c1-11(2)14-5-3-4-6-16(14)19-10-12-9-13(17)7-8-15(12)18/h3-9,11H,10H2,1-2H3. The third-order valence-electron chi connectivity index (χ3n) is 2.93. The number of para-hydroxylation sites is 1. The molecule has 0 atom stereocenters. The quantitative estimate of drug-likeness (QED) is 0.748. The van der Waals surface area contributed by atoms with E-state index in [0.717, 1.165) is 11.3 Å². The third kappa shape index (κ3) is 3.48. The molecule has 2 rings (SSSR count). The van der Waals surface area contributed by atoms with Gasteiger partial charge in [0.25, 0.3) is 0 Å². The fourth-order valence-electron chi connectivity index (χ4n) is 1.90. The van der Waals surface area contributed by atoms with Gasteiger partial charge < -0.3 is 4.74 Å². The van der Waals surface area contributed by atoms with E-state index in [-0.39, 0.29) is 12.4 Å². The second-order valence-corrected chi connectivity index (χ2v) is 5.15. The van der Waals surface area contributed by atoms with Crippen LogP contribution in [0.25, 0.3) is 0 Å². The van der Waals surface area contributed by atoms with E-state index in [0.29, 0.717) is 16.5 Å². The summed E-state index contributed by atoms with van der Waals surface area (Å²) in [5.74, 6) is 0.851. The van der Waals surface area contributed by atoms with E-state index in [1.54, 1.807) is 6.07 Å². The van der Waals surface area contributed by atoms with Crippen molar-refractivity contribution in [3.63, 3.8) is 0 Å². The predicted molar refractivity (Wildman–Crippen MR) is 76.3 cm³/mol. The maximum atomic E-state index is 13.6. The van der Waals surface area contributed by atoms with Gasteiger partial charge in [-0.25, -0.2) is 4.39 Å². The lowest BCUT2D eigenvalue weighted by Gasteiger charge is -2.14. The Labute approximate surface area is 118 Å². The SMILES string of the molecule is CC(C)c1ccccc1OCc1cc(Cl)ccc1F. The van der Waals surface area contributed by atoms with E-state index in [1.807, 2.05) is 24.3 Å². The summed E-state index contributed by atoms with van der Waals surface area (Å²) < 4.78 is 19.3. The number of halogens is 2. The summed E-state index contributed by atoms with van der Waals surface area (Å²) >= 11 is 5.86. The number of hydrogen-bond donors (Lipinski definition) is 0. The highest BCUT2D eigenvalue weighted by atomic mass is 35.5. The molecule has 3 heteroatoms. The molecule has 0 fully saturated rings. The van der Waals surface area contributed by atoms with Crippen molar-refractivity contribution in [2.75, 3.05) is 0 Å². The van der Waals surface area contributed by atoms with Crippen LogP contribution in [-0.4, -0.2) is 0 Å². The summed E-state index contributed by atoms with van der Waals surface area (Å²) in [5.41, 5.74) is 1.58. The molecule has 2 aromatic rings. The Hall–Kier alpha value is -1.54. The van der Waals surface area contributed by atoms with Crippen LogP contribution in [0.15, 0.2) is 42.5 Å². The van der Waals surface area contributed by atoms with E-state index >= 15 is 0 Å². The van der Waals surface area contributed by atoms with Crippen molar-refractivity contribution in [2.24, 2.45) is 0 Å². The van der Waals surface area contributed by atoms with Gasteiger partial charge in [0.2, 0.25) is 0 Å². The molecule has 0 unspecified atom stereocenters. The van der Waals surface area contributed by atoms with Crippen molar-refractivity contribution in [2.45, 2.75) is 26.4 Å². The van der Waals surface area contributed by atoms with Crippen LogP contribution in [0.2, 0.25) is 5.02 Å². The van der Waals surface area contributed by atoms with Crippen LogP contribution in [-0.2, 0) is 6.61 Å². The molecule has 0 N–H and O–H groups in total. The van der Waals surface area contributed by atoms with Crippen LogP contribution in [0, 0.1) is 5.82 Å². The van der Waals surface area contributed by atoms with E-state index in [2.05, 4.69) is 13.8 Å². The fourth-order valence-corrected chi connectivity index (χ4v) is 2.09. The molecule has 0 aromatic heterocycles. The highest BCUT2D eigenvalue weighted by Gasteiger charge is 2.09. The van der Waals surface area contributed by atoms with E-state index < -0.39 is 0 Å². The molecule has 0 spiro atoms. The minimum Gasteiger partial charge on any atom is -0.489 e. The summed E-state index contributed by atoms with van der Waals surface area (Å²) in [6, 6.07) is 12.3. The summed E-state index contributed by atoms with van der Waals surface area (Å²) in [6.07, 6.45) is 0. The number of benzene rings is 2. The highest BCUT2D eigenvalue weighted by molar-refractivity contribution is 6.30. The maximum Gasteiger partial charge on any atom is 0.129 e. The lowest BCUT2D eigenvalue weighted by atomic mass is 10.0. The van der Waals surface area contributed by atoms with E-state index in [4.69, 9.17) is 16.3 Å². The lowest BCUT2D eigenvalue weighted by Crippen LogP contribution is -2.01. The molecule has 19 heavy (non-hydrogen) atoms. The van der Waals surface area contributed by atoms with Gasteiger partial charge in [-0.3, -0.25) is 0 Å². The monoisotopic (exact) mass is 278 g/mol. The summed E-state index contributed by atoms with van der Waals surface area (Å²) in [7, 11) is 0. The van der Waals surface area contributed by atoms with Crippen LogP contribution in [0.4, 0.5) is 4.39 Å². The predicted octanol–water partition coefficient (Wildman–Crippen LogP) is 5.18. The first-order valence-electron chi connectivity index (χ1n) is 6.23. The minimum absolute atomic E-state index is 0.177. The van der Waals surface area contributed by atoms with Crippen molar-refractivity contribution in [3.8, 4) is 5.75 Å². The molecule has 0 amide bonds. The van der Waals surface area contributed by atoms with Gasteiger partial charge >= 0.3 is 0 Å². The molecule has 0 aliphatic heterocycles. The molecule has 0 aliphatic rings. The maximum absolute atomic E-state index is 13.6. The zero-order valence-electron chi connectivity index (χ0n) is 11.0. The van der Waals surface area contributed by atoms with Gasteiger partial charge in [0.15, 0.2) is 0 Å². The second-order valence-electron chi connectivity index (χ2n) is 4.72. The number of hydrogen-bond acceptors (Lipinski definition) is 1. The van der Waals surface area contributed by atoms with Crippen molar-refractivity contribution in [1.82, 2.24) is 0 Å². The molecule has 0 heterocycles. The number of rotatable bonds is 4. The molecule has 0 saturated heterocycles. The third-order valence-corrected chi connectivity index (χ3v) is 3.17. The highest BCUT2D eigenvalue weighted by Crippen LogP contribution is 2.27. The van der Waals surface area contributed by atoms with E-state index in [1.165, 1.54) is 12.1 Å². The largest absolute Gasteiger partial charge is 0.489 e. The van der Waals surface area contributed by atoms with Crippen molar-refractivity contribution >= 4 is 11.6 Å². The molecular formula is C16H16ClFO. The Morgan fingerprint density at radius 1 is 1.16 bits per heavy atom. The Morgan fingerprint density at radius 2 is 1.89 bits per heavy atom. The Kier molecular flexibility index (Phi) is 4.43. The minimum atomic E-state index is -0.300. The van der Waals surface area contributed by atoms with Gasteiger partial charge in [0.1, 0.15) is 18.2 Å². The molecule has 0 saturated carbocycles. The smallest absolute Gasteiger partial charge is 0.129 e. The fraction of sp³-hybridized carbons (Fsp3) is 0.250. The molecule has 1 nitrogen and oxygen atoms in total. The van der Waals surface area contributed by atoms with Crippen molar-refractivity contribution in [3.05, 3.63) is 64.4 Å².